The van der Waals surface area contributed by atoms with E-state index in [1.807, 2.05) is 0 Å². The van der Waals surface area contributed by atoms with Crippen LogP contribution in [-0.4, -0.2) is 31.4 Å². The number of carbonyl (C=O) groups excluding carboxylic acids is 1. The Morgan fingerprint density at radius 2 is 1.60 bits per heavy atom. The first-order chi connectivity index (χ1) is 9.25. The number of ether oxygens (including phenoxy) is 1. The standard InChI is InChI=1S/C15H27BO4/c1-14(2)15(3,4)20-16(19-14)12-8-6-11(7-9-12)10-13(17)18-5/h11-12H,6-10H2,1-5H3. The van der Waals surface area contributed by atoms with Gasteiger partial charge >= 0.3 is 13.1 Å². The summed E-state index contributed by atoms with van der Waals surface area (Å²) in [5.41, 5.74) is -0.499. The number of hydrogen-bond acceptors (Lipinski definition) is 4. The molecule has 1 heterocycles. The zero-order chi connectivity index (χ0) is 15.0. The van der Waals surface area contributed by atoms with Gasteiger partial charge in [-0.3, -0.25) is 4.79 Å². The van der Waals surface area contributed by atoms with Gasteiger partial charge in [-0.05, 0) is 39.4 Å². The number of carbonyl (C=O) groups is 1. The first-order valence-electron chi connectivity index (χ1n) is 7.67. The lowest BCUT2D eigenvalue weighted by Crippen LogP contribution is -2.41. The highest BCUT2D eigenvalue weighted by molar-refractivity contribution is 6.47. The molecular formula is C15H27BO4. The summed E-state index contributed by atoms with van der Waals surface area (Å²) in [6.45, 7) is 8.37. The molecule has 20 heavy (non-hydrogen) atoms. The summed E-state index contributed by atoms with van der Waals surface area (Å²) in [5.74, 6) is 0.815. The fourth-order valence-electron chi connectivity index (χ4n) is 3.06. The quantitative estimate of drug-likeness (QED) is 0.589. The molecule has 0 spiro atoms. The average molecular weight is 282 g/mol. The van der Waals surface area contributed by atoms with Gasteiger partial charge in [-0.2, -0.15) is 0 Å². The van der Waals surface area contributed by atoms with Gasteiger partial charge < -0.3 is 14.0 Å². The maximum absolute atomic E-state index is 11.3. The molecule has 5 heteroatoms. The van der Waals surface area contributed by atoms with E-state index in [1.54, 1.807) is 0 Å². The van der Waals surface area contributed by atoms with E-state index in [4.69, 9.17) is 14.0 Å². The SMILES string of the molecule is COC(=O)CC1CCC(B2OC(C)(C)C(C)(C)O2)CC1. The molecule has 0 N–H and O–H groups in total. The second-order valence-electron chi connectivity index (χ2n) is 7.19. The highest BCUT2D eigenvalue weighted by Crippen LogP contribution is 2.45. The molecule has 2 rings (SSSR count). The minimum absolute atomic E-state index is 0.0934. The average Bonchev–Trinajstić information content (AvgIpc) is 2.59. The molecule has 0 radical (unpaired) electrons. The van der Waals surface area contributed by atoms with E-state index >= 15 is 0 Å². The van der Waals surface area contributed by atoms with Crippen LogP contribution >= 0.6 is 0 Å². The maximum Gasteiger partial charge on any atom is 0.461 e. The van der Waals surface area contributed by atoms with Crippen LogP contribution in [0.4, 0.5) is 0 Å². The third-order valence-corrected chi connectivity index (χ3v) is 5.23. The first kappa shape index (κ1) is 15.8. The summed E-state index contributed by atoms with van der Waals surface area (Å²) in [6.07, 6.45) is 4.80. The van der Waals surface area contributed by atoms with Crippen molar-refractivity contribution in [1.82, 2.24) is 0 Å². The van der Waals surface area contributed by atoms with E-state index in [1.165, 1.54) is 7.11 Å². The molecule has 0 atom stereocenters. The Labute approximate surface area is 122 Å². The Kier molecular flexibility index (Phi) is 4.50. The Hall–Kier alpha value is -0.545. The van der Waals surface area contributed by atoms with Crippen LogP contribution in [0.3, 0.4) is 0 Å². The van der Waals surface area contributed by atoms with Crippen molar-refractivity contribution in [3.05, 3.63) is 0 Å². The minimum Gasteiger partial charge on any atom is -0.469 e. The normalized spacial score (nSPS) is 32.1. The number of hydrogen-bond donors (Lipinski definition) is 0. The summed E-state index contributed by atoms with van der Waals surface area (Å²) in [7, 11) is 1.36. The molecule has 0 aromatic carbocycles. The Balaban J connectivity index is 1.85. The molecule has 1 aliphatic heterocycles. The van der Waals surface area contributed by atoms with Gasteiger partial charge in [-0.15, -0.1) is 0 Å². The van der Waals surface area contributed by atoms with Gasteiger partial charge in [0.25, 0.3) is 0 Å². The molecule has 0 bridgehead atoms. The number of esters is 1. The summed E-state index contributed by atoms with van der Waals surface area (Å²) < 4.78 is 17.0. The largest absolute Gasteiger partial charge is 0.469 e. The zero-order valence-electron chi connectivity index (χ0n) is 13.4. The van der Waals surface area contributed by atoms with Crippen LogP contribution in [0.2, 0.25) is 5.82 Å². The van der Waals surface area contributed by atoms with Gasteiger partial charge in [0.15, 0.2) is 0 Å². The molecule has 0 unspecified atom stereocenters. The highest BCUT2D eigenvalue weighted by atomic mass is 16.7. The van der Waals surface area contributed by atoms with Crippen LogP contribution in [0.5, 0.6) is 0 Å². The van der Waals surface area contributed by atoms with Gasteiger partial charge in [0, 0.05) is 6.42 Å². The third-order valence-electron chi connectivity index (χ3n) is 5.23. The summed E-state index contributed by atoms with van der Waals surface area (Å²) in [5, 5.41) is 0. The van der Waals surface area contributed by atoms with Gasteiger partial charge in [0.2, 0.25) is 0 Å². The lowest BCUT2D eigenvalue weighted by molar-refractivity contribution is -0.141. The fraction of sp³-hybridized carbons (Fsp3) is 0.933. The van der Waals surface area contributed by atoms with Crippen LogP contribution in [0.15, 0.2) is 0 Å². The molecule has 2 fully saturated rings. The molecule has 2 aliphatic rings. The second-order valence-corrected chi connectivity index (χ2v) is 7.19. The molecule has 1 saturated carbocycles. The van der Waals surface area contributed by atoms with E-state index in [0.717, 1.165) is 25.7 Å². The minimum atomic E-state index is -0.249. The maximum atomic E-state index is 11.3. The van der Waals surface area contributed by atoms with Crippen molar-refractivity contribution in [2.24, 2.45) is 5.92 Å². The van der Waals surface area contributed by atoms with Gasteiger partial charge in [0.05, 0.1) is 18.3 Å². The molecule has 0 amide bonds. The predicted molar refractivity (Wildman–Crippen MR) is 78.4 cm³/mol. The summed E-state index contributed by atoms with van der Waals surface area (Å²) >= 11 is 0. The van der Waals surface area contributed by atoms with Crippen molar-refractivity contribution in [3.63, 3.8) is 0 Å². The van der Waals surface area contributed by atoms with E-state index in [2.05, 4.69) is 27.7 Å². The summed E-state index contributed by atoms with van der Waals surface area (Å²) in [4.78, 5) is 11.3. The first-order valence-corrected chi connectivity index (χ1v) is 7.67. The van der Waals surface area contributed by atoms with Crippen LogP contribution < -0.4 is 0 Å². The summed E-state index contributed by atoms with van der Waals surface area (Å²) in [6, 6.07) is 0. The van der Waals surface area contributed by atoms with Gasteiger partial charge in [-0.25, -0.2) is 0 Å². The molecular weight excluding hydrogens is 255 g/mol. The lowest BCUT2D eigenvalue weighted by atomic mass is 9.62. The van der Waals surface area contributed by atoms with E-state index in [-0.39, 0.29) is 24.3 Å². The van der Waals surface area contributed by atoms with Crippen molar-refractivity contribution < 1.29 is 18.8 Å². The molecule has 0 aromatic heterocycles. The highest BCUT2D eigenvalue weighted by Gasteiger charge is 2.53. The number of rotatable bonds is 3. The van der Waals surface area contributed by atoms with Crippen molar-refractivity contribution in [2.75, 3.05) is 7.11 Å². The van der Waals surface area contributed by atoms with Crippen LogP contribution in [0.1, 0.15) is 59.8 Å². The Morgan fingerprint density at radius 1 is 1.10 bits per heavy atom. The Morgan fingerprint density at radius 3 is 2.05 bits per heavy atom. The third kappa shape index (κ3) is 3.20. The smallest absolute Gasteiger partial charge is 0.461 e. The molecule has 114 valence electrons. The van der Waals surface area contributed by atoms with E-state index < -0.39 is 0 Å². The van der Waals surface area contributed by atoms with Crippen molar-refractivity contribution in [1.29, 1.82) is 0 Å². The molecule has 1 saturated heterocycles. The van der Waals surface area contributed by atoms with Gasteiger partial charge in [-0.1, -0.05) is 25.7 Å². The van der Waals surface area contributed by atoms with Crippen molar-refractivity contribution in [3.8, 4) is 0 Å². The fourth-order valence-corrected chi connectivity index (χ4v) is 3.06. The topological polar surface area (TPSA) is 44.8 Å². The molecule has 4 nitrogen and oxygen atoms in total. The van der Waals surface area contributed by atoms with Crippen LogP contribution in [0, 0.1) is 5.92 Å². The van der Waals surface area contributed by atoms with E-state index in [0.29, 0.717) is 18.2 Å². The lowest BCUT2D eigenvalue weighted by Gasteiger charge is -2.32. The Bertz CT molecular complexity index is 343. The zero-order valence-corrected chi connectivity index (χ0v) is 13.4. The van der Waals surface area contributed by atoms with Crippen LogP contribution in [-0.2, 0) is 18.8 Å². The predicted octanol–water partition coefficient (Wildman–Crippen LogP) is 3.20. The van der Waals surface area contributed by atoms with Crippen LogP contribution in [0.25, 0.3) is 0 Å². The number of methoxy groups -OCH3 is 1. The van der Waals surface area contributed by atoms with Crippen molar-refractivity contribution in [2.45, 2.75) is 76.8 Å². The molecule has 1 aliphatic carbocycles. The van der Waals surface area contributed by atoms with E-state index in [9.17, 15) is 4.79 Å². The monoisotopic (exact) mass is 282 g/mol. The van der Waals surface area contributed by atoms with Crippen molar-refractivity contribution >= 4 is 13.1 Å². The second kappa shape index (κ2) is 5.68. The van der Waals surface area contributed by atoms with Gasteiger partial charge in [0.1, 0.15) is 0 Å². The molecule has 0 aromatic rings.